The fraction of sp³-hybridized carbons (Fsp3) is 0.316. The first-order valence-corrected chi connectivity index (χ1v) is 9.48. The number of hydrogen-bond acceptors (Lipinski definition) is 3. The fourth-order valence-electron chi connectivity index (χ4n) is 2.83. The summed E-state index contributed by atoms with van der Waals surface area (Å²) in [5, 5.41) is 0.751. The van der Waals surface area contributed by atoms with Crippen LogP contribution >= 0.6 is 23.4 Å². The first-order chi connectivity index (χ1) is 11.7. The minimum absolute atomic E-state index is 0.114. The van der Waals surface area contributed by atoms with E-state index in [1.165, 1.54) is 10.5 Å². The molecule has 2 aromatic rings. The summed E-state index contributed by atoms with van der Waals surface area (Å²) in [4.78, 5) is 15.6. The van der Waals surface area contributed by atoms with E-state index in [-0.39, 0.29) is 5.91 Å². The second-order valence-corrected chi connectivity index (χ2v) is 7.57. The van der Waals surface area contributed by atoms with Gasteiger partial charge in [0.05, 0.1) is 0 Å². The normalized spacial score (nSPS) is 17.2. The van der Waals surface area contributed by atoms with Gasteiger partial charge in [-0.05, 0) is 60.8 Å². The van der Waals surface area contributed by atoms with E-state index in [0.717, 1.165) is 35.8 Å². The largest absolute Gasteiger partial charge is 0.338 e. The predicted molar refractivity (Wildman–Crippen MR) is 101 cm³/mol. The predicted octanol–water partition coefficient (Wildman–Crippen LogP) is 4.05. The lowest BCUT2D eigenvalue weighted by atomic mass is 10.1. The molecule has 0 spiro atoms. The number of rotatable bonds is 5. The second-order valence-electron chi connectivity index (χ2n) is 6.08. The summed E-state index contributed by atoms with van der Waals surface area (Å²) in [5.41, 5.74) is 7.66. The van der Waals surface area contributed by atoms with E-state index in [0.29, 0.717) is 12.5 Å². The summed E-state index contributed by atoms with van der Waals surface area (Å²) in [7, 11) is 0. The molecule has 0 aromatic heterocycles. The molecule has 24 heavy (non-hydrogen) atoms. The Hall–Kier alpha value is -1.49. The number of amides is 1. The summed E-state index contributed by atoms with van der Waals surface area (Å²) < 4.78 is 0. The average Bonchev–Trinajstić information content (AvgIpc) is 3.10. The molecule has 0 aliphatic carbocycles. The van der Waals surface area contributed by atoms with Crippen molar-refractivity contribution in [3.8, 4) is 0 Å². The second kappa shape index (κ2) is 8.06. The molecule has 0 saturated carbocycles. The SMILES string of the molecule is NCC1CCN(C(=O)c2ccc(CSc3ccc(Cl)cc3)cc2)C1. The molecule has 1 fully saturated rings. The van der Waals surface area contributed by atoms with Crippen LogP contribution in [-0.4, -0.2) is 30.4 Å². The lowest BCUT2D eigenvalue weighted by Crippen LogP contribution is -2.29. The number of nitrogens with zero attached hydrogens (tertiary/aromatic N) is 1. The third-order valence-electron chi connectivity index (χ3n) is 4.33. The summed E-state index contributed by atoms with van der Waals surface area (Å²) in [5.74, 6) is 1.43. The van der Waals surface area contributed by atoms with Crippen molar-refractivity contribution in [3.05, 3.63) is 64.7 Å². The van der Waals surface area contributed by atoms with Crippen LogP contribution in [0.25, 0.3) is 0 Å². The Balaban J connectivity index is 1.57. The Morgan fingerprint density at radius 3 is 2.50 bits per heavy atom. The smallest absolute Gasteiger partial charge is 0.253 e. The molecule has 0 bridgehead atoms. The first kappa shape index (κ1) is 17.3. The van der Waals surface area contributed by atoms with Crippen molar-refractivity contribution in [3.63, 3.8) is 0 Å². The van der Waals surface area contributed by atoms with Crippen molar-refractivity contribution in [1.82, 2.24) is 4.90 Å². The Kier molecular flexibility index (Phi) is 5.82. The number of thioether (sulfide) groups is 1. The van der Waals surface area contributed by atoms with Crippen molar-refractivity contribution in [2.75, 3.05) is 19.6 Å². The summed E-state index contributed by atoms with van der Waals surface area (Å²) >= 11 is 7.65. The van der Waals surface area contributed by atoms with Gasteiger partial charge >= 0.3 is 0 Å². The van der Waals surface area contributed by atoms with E-state index < -0.39 is 0 Å². The highest BCUT2D eigenvalue weighted by atomic mass is 35.5. The van der Waals surface area contributed by atoms with Crippen LogP contribution in [0.2, 0.25) is 5.02 Å². The molecule has 2 N–H and O–H groups in total. The number of nitrogens with two attached hydrogens (primary N) is 1. The van der Waals surface area contributed by atoms with Gasteiger partial charge < -0.3 is 10.6 Å². The minimum atomic E-state index is 0.114. The van der Waals surface area contributed by atoms with Gasteiger partial charge in [0, 0.05) is 34.3 Å². The number of carbonyl (C=O) groups is 1. The van der Waals surface area contributed by atoms with E-state index in [1.807, 2.05) is 53.4 Å². The first-order valence-electron chi connectivity index (χ1n) is 8.12. The van der Waals surface area contributed by atoms with Gasteiger partial charge in [0.25, 0.3) is 5.91 Å². The Bertz CT molecular complexity index is 688. The monoisotopic (exact) mass is 360 g/mol. The number of likely N-dealkylation sites (tertiary alicyclic amines) is 1. The molecular formula is C19H21ClN2OS. The molecule has 1 amide bonds. The maximum absolute atomic E-state index is 12.5. The Morgan fingerprint density at radius 1 is 1.17 bits per heavy atom. The van der Waals surface area contributed by atoms with Crippen LogP contribution in [0.3, 0.4) is 0 Å². The van der Waals surface area contributed by atoms with Gasteiger partial charge in [0.2, 0.25) is 0 Å². The van der Waals surface area contributed by atoms with Gasteiger partial charge in [-0.25, -0.2) is 0 Å². The van der Waals surface area contributed by atoms with E-state index in [9.17, 15) is 4.79 Å². The molecule has 1 aliphatic rings. The van der Waals surface area contributed by atoms with Crippen LogP contribution in [0.1, 0.15) is 22.3 Å². The minimum Gasteiger partial charge on any atom is -0.338 e. The highest BCUT2D eigenvalue weighted by Crippen LogP contribution is 2.25. The summed E-state index contributed by atoms with van der Waals surface area (Å²) in [6, 6.07) is 15.8. The molecule has 1 saturated heterocycles. The van der Waals surface area contributed by atoms with Crippen LogP contribution in [0.15, 0.2) is 53.4 Å². The number of halogens is 1. The lowest BCUT2D eigenvalue weighted by Gasteiger charge is -2.16. The van der Waals surface area contributed by atoms with Crippen LogP contribution in [0.5, 0.6) is 0 Å². The maximum atomic E-state index is 12.5. The molecule has 1 aliphatic heterocycles. The van der Waals surface area contributed by atoms with Gasteiger partial charge in [-0.3, -0.25) is 4.79 Å². The molecule has 126 valence electrons. The van der Waals surface area contributed by atoms with Gasteiger partial charge in [0.1, 0.15) is 0 Å². The standard InChI is InChI=1S/C19H21ClN2OS/c20-17-5-7-18(8-6-17)24-13-14-1-3-16(4-2-14)19(23)22-10-9-15(11-21)12-22/h1-8,15H,9-13,21H2. The zero-order chi connectivity index (χ0) is 16.9. The van der Waals surface area contributed by atoms with Crippen molar-refractivity contribution in [2.45, 2.75) is 17.1 Å². The molecular weight excluding hydrogens is 340 g/mol. The topological polar surface area (TPSA) is 46.3 Å². The van der Waals surface area contributed by atoms with Crippen molar-refractivity contribution in [1.29, 1.82) is 0 Å². The molecule has 5 heteroatoms. The summed E-state index contributed by atoms with van der Waals surface area (Å²) in [6.07, 6.45) is 1.01. The molecule has 1 atom stereocenters. The van der Waals surface area contributed by atoms with E-state index >= 15 is 0 Å². The van der Waals surface area contributed by atoms with Crippen LogP contribution in [-0.2, 0) is 5.75 Å². The third-order valence-corrected chi connectivity index (χ3v) is 5.66. The maximum Gasteiger partial charge on any atom is 0.253 e. The summed E-state index contributed by atoms with van der Waals surface area (Å²) in [6.45, 7) is 2.25. The van der Waals surface area contributed by atoms with Gasteiger partial charge in [0.15, 0.2) is 0 Å². The molecule has 1 unspecified atom stereocenters. The van der Waals surface area contributed by atoms with Crippen LogP contribution in [0.4, 0.5) is 0 Å². The molecule has 3 rings (SSSR count). The number of hydrogen-bond donors (Lipinski definition) is 1. The van der Waals surface area contributed by atoms with Crippen molar-refractivity contribution < 1.29 is 4.79 Å². The molecule has 3 nitrogen and oxygen atoms in total. The lowest BCUT2D eigenvalue weighted by molar-refractivity contribution is 0.0787. The molecule has 1 heterocycles. The van der Waals surface area contributed by atoms with E-state index in [1.54, 1.807) is 11.8 Å². The number of carbonyl (C=O) groups excluding carboxylic acids is 1. The fourth-order valence-corrected chi connectivity index (χ4v) is 3.81. The molecule has 0 radical (unpaired) electrons. The van der Waals surface area contributed by atoms with Gasteiger partial charge in [-0.15, -0.1) is 11.8 Å². The van der Waals surface area contributed by atoms with E-state index in [2.05, 4.69) is 0 Å². The van der Waals surface area contributed by atoms with Crippen molar-refractivity contribution >= 4 is 29.3 Å². The van der Waals surface area contributed by atoms with Crippen LogP contribution in [0, 0.1) is 5.92 Å². The number of benzene rings is 2. The zero-order valence-corrected chi connectivity index (χ0v) is 15.0. The highest BCUT2D eigenvalue weighted by molar-refractivity contribution is 7.98. The average molecular weight is 361 g/mol. The third kappa shape index (κ3) is 4.32. The highest BCUT2D eigenvalue weighted by Gasteiger charge is 2.25. The van der Waals surface area contributed by atoms with Crippen LogP contribution < -0.4 is 5.73 Å². The van der Waals surface area contributed by atoms with E-state index in [4.69, 9.17) is 17.3 Å². The zero-order valence-electron chi connectivity index (χ0n) is 13.5. The van der Waals surface area contributed by atoms with Gasteiger partial charge in [-0.2, -0.15) is 0 Å². The Morgan fingerprint density at radius 2 is 1.88 bits per heavy atom. The van der Waals surface area contributed by atoms with Gasteiger partial charge in [-0.1, -0.05) is 23.7 Å². The molecule has 2 aromatic carbocycles. The quantitative estimate of drug-likeness (QED) is 0.818. The Labute approximate surface area is 152 Å². The van der Waals surface area contributed by atoms with Crippen molar-refractivity contribution in [2.24, 2.45) is 11.7 Å².